The van der Waals surface area contributed by atoms with Gasteiger partial charge in [0.05, 0.1) is 11.6 Å². The Hall–Kier alpha value is -1.61. The number of nitriles is 1. The van der Waals surface area contributed by atoms with Crippen LogP contribution in [0.3, 0.4) is 0 Å². The molecule has 5 heteroatoms. The molecule has 114 valence electrons. The topological polar surface area (TPSA) is 68.5 Å². The number of nitrogens with one attached hydrogen (secondary N) is 1. The molecule has 21 heavy (non-hydrogen) atoms. The number of benzene rings is 1. The summed E-state index contributed by atoms with van der Waals surface area (Å²) in [4.78, 5) is 2.35. The summed E-state index contributed by atoms with van der Waals surface area (Å²) in [7, 11) is 2.14. The van der Waals surface area contributed by atoms with E-state index >= 15 is 0 Å². The van der Waals surface area contributed by atoms with Crippen LogP contribution in [0.25, 0.3) is 0 Å². The lowest BCUT2D eigenvalue weighted by Crippen LogP contribution is -2.36. The van der Waals surface area contributed by atoms with Crippen LogP contribution in [-0.2, 0) is 0 Å². The average Bonchev–Trinajstić information content (AvgIpc) is 3.34. The summed E-state index contributed by atoms with van der Waals surface area (Å²) in [6.07, 6.45) is 2.10. The molecule has 0 heterocycles. The molecular formula is C16H23N3O2. The third-order valence-electron chi connectivity index (χ3n) is 3.62. The van der Waals surface area contributed by atoms with E-state index in [1.807, 2.05) is 0 Å². The number of aliphatic hydroxyl groups is 1. The minimum Gasteiger partial charge on any atom is -0.491 e. The molecule has 1 aromatic carbocycles. The highest BCUT2D eigenvalue weighted by molar-refractivity contribution is 5.34. The first kappa shape index (κ1) is 15.8. The second-order valence-corrected chi connectivity index (χ2v) is 5.52. The molecule has 1 aliphatic rings. The second kappa shape index (κ2) is 7.99. The molecule has 0 radical (unpaired) electrons. The van der Waals surface area contributed by atoms with Crippen LogP contribution < -0.4 is 10.1 Å². The minimum absolute atomic E-state index is 0.247. The first-order valence-electron chi connectivity index (χ1n) is 7.41. The van der Waals surface area contributed by atoms with Crippen LogP contribution >= 0.6 is 0 Å². The highest BCUT2D eigenvalue weighted by Gasteiger charge is 2.25. The third kappa shape index (κ3) is 5.72. The lowest BCUT2D eigenvalue weighted by Gasteiger charge is -2.17. The van der Waals surface area contributed by atoms with E-state index in [2.05, 4.69) is 23.3 Å². The fourth-order valence-corrected chi connectivity index (χ4v) is 2.10. The molecule has 1 fully saturated rings. The van der Waals surface area contributed by atoms with E-state index in [4.69, 9.17) is 10.00 Å². The maximum absolute atomic E-state index is 9.84. The molecule has 0 spiro atoms. The summed E-state index contributed by atoms with van der Waals surface area (Å²) >= 11 is 0. The molecule has 0 aliphatic heterocycles. The monoisotopic (exact) mass is 289 g/mol. The summed E-state index contributed by atoms with van der Waals surface area (Å²) in [6, 6.07) is 9.71. The van der Waals surface area contributed by atoms with Crippen molar-refractivity contribution in [3.63, 3.8) is 0 Å². The predicted molar refractivity (Wildman–Crippen MR) is 81.2 cm³/mol. The highest BCUT2D eigenvalue weighted by atomic mass is 16.5. The third-order valence-corrected chi connectivity index (χ3v) is 3.62. The van der Waals surface area contributed by atoms with E-state index < -0.39 is 6.10 Å². The van der Waals surface area contributed by atoms with Gasteiger partial charge in [-0.2, -0.15) is 5.26 Å². The minimum atomic E-state index is -0.535. The van der Waals surface area contributed by atoms with Crippen LogP contribution in [0, 0.1) is 11.3 Å². The van der Waals surface area contributed by atoms with E-state index in [-0.39, 0.29) is 6.61 Å². The average molecular weight is 289 g/mol. The number of rotatable bonds is 9. The number of aliphatic hydroxyl groups excluding tert-OH is 1. The Morgan fingerprint density at radius 3 is 2.76 bits per heavy atom. The summed E-state index contributed by atoms with van der Waals surface area (Å²) in [5.41, 5.74) is 0.601. The van der Waals surface area contributed by atoms with E-state index in [1.54, 1.807) is 24.3 Å². The molecule has 5 nitrogen and oxygen atoms in total. The molecular weight excluding hydrogens is 266 g/mol. The second-order valence-electron chi connectivity index (χ2n) is 5.52. The first-order chi connectivity index (χ1) is 10.2. The smallest absolute Gasteiger partial charge is 0.119 e. The molecule has 1 unspecified atom stereocenters. The molecule has 2 rings (SSSR count). The van der Waals surface area contributed by atoms with E-state index in [1.165, 1.54) is 12.8 Å². The molecule has 0 bridgehead atoms. The van der Waals surface area contributed by atoms with E-state index in [0.29, 0.717) is 17.9 Å². The summed E-state index contributed by atoms with van der Waals surface area (Å²) < 4.78 is 5.48. The maximum atomic E-state index is 9.84. The van der Waals surface area contributed by atoms with Crippen LogP contribution in [0.2, 0.25) is 0 Å². The molecule has 0 saturated heterocycles. The molecule has 2 N–H and O–H groups in total. The van der Waals surface area contributed by atoms with Crippen molar-refractivity contribution in [2.75, 3.05) is 33.3 Å². The van der Waals surface area contributed by atoms with Crippen molar-refractivity contribution in [1.29, 1.82) is 5.26 Å². The fraction of sp³-hybridized carbons (Fsp3) is 0.562. The van der Waals surface area contributed by atoms with Crippen molar-refractivity contribution in [1.82, 2.24) is 10.2 Å². The quantitative estimate of drug-likeness (QED) is 0.663. The zero-order chi connectivity index (χ0) is 15.1. The van der Waals surface area contributed by atoms with Crippen LogP contribution in [0.4, 0.5) is 0 Å². The van der Waals surface area contributed by atoms with Gasteiger partial charge in [0.1, 0.15) is 18.5 Å². The Kier molecular flexibility index (Phi) is 6.00. The van der Waals surface area contributed by atoms with Crippen LogP contribution in [0.1, 0.15) is 18.4 Å². The summed E-state index contributed by atoms with van der Waals surface area (Å²) in [6.45, 7) is 2.65. The largest absolute Gasteiger partial charge is 0.491 e. The molecule has 1 aromatic rings. The normalized spacial score (nSPS) is 15.7. The summed E-state index contributed by atoms with van der Waals surface area (Å²) in [5, 5.41) is 21.8. The Balaban J connectivity index is 1.56. The number of likely N-dealkylation sites (N-methyl/N-ethyl adjacent to an activating group) is 1. The first-order valence-corrected chi connectivity index (χ1v) is 7.41. The van der Waals surface area contributed by atoms with Crippen molar-refractivity contribution >= 4 is 0 Å². The van der Waals surface area contributed by atoms with Gasteiger partial charge < -0.3 is 20.1 Å². The van der Waals surface area contributed by atoms with Crippen molar-refractivity contribution in [2.45, 2.75) is 25.0 Å². The maximum Gasteiger partial charge on any atom is 0.119 e. The zero-order valence-electron chi connectivity index (χ0n) is 12.5. The number of nitrogens with zero attached hydrogens (tertiary/aromatic N) is 2. The molecule has 1 saturated carbocycles. The Morgan fingerprint density at radius 2 is 2.14 bits per heavy atom. The fourth-order valence-electron chi connectivity index (χ4n) is 2.10. The molecule has 1 aliphatic carbocycles. The number of hydrogen-bond acceptors (Lipinski definition) is 5. The van der Waals surface area contributed by atoms with Gasteiger partial charge in [0.25, 0.3) is 0 Å². The van der Waals surface area contributed by atoms with Crippen molar-refractivity contribution < 1.29 is 9.84 Å². The molecule has 0 amide bonds. The molecule has 0 aromatic heterocycles. The van der Waals surface area contributed by atoms with Gasteiger partial charge in [0.15, 0.2) is 0 Å². The Bertz CT molecular complexity index is 465. The van der Waals surface area contributed by atoms with Crippen molar-refractivity contribution in [2.24, 2.45) is 0 Å². The van der Waals surface area contributed by atoms with Gasteiger partial charge in [0, 0.05) is 25.7 Å². The highest BCUT2D eigenvalue weighted by Crippen LogP contribution is 2.24. The number of hydrogen-bond donors (Lipinski definition) is 2. The standard InChI is InChI=1S/C16H23N3O2/c1-19(14-4-5-14)9-8-18-11-15(20)12-21-16-6-2-13(10-17)3-7-16/h2-3,6-7,14-15,18,20H,4-5,8-9,11-12H2,1H3. The lowest BCUT2D eigenvalue weighted by molar-refractivity contribution is 0.106. The van der Waals surface area contributed by atoms with E-state index in [9.17, 15) is 5.11 Å². The SMILES string of the molecule is CN(CCNCC(O)COc1ccc(C#N)cc1)C1CC1. The van der Waals surface area contributed by atoms with Gasteiger partial charge in [-0.1, -0.05) is 0 Å². The molecule has 1 atom stereocenters. The summed E-state index contributed by atoms with van der Waals surface area (Å²) in [5.74, 6) is 0.668. The zero-order valence-corrected chi connectivity index (χ0v) is 12.5. The Labute approximate surface area is 126 Å². The van der Waals surface area contributed by atoms with Gasteiger partial charge in [-0.3, -0.25) is 0 Å². The van der Waals surface area contributed by atoms with E-state index in [0.717, 1.165) is 19.1 Å². The van der Waals surface area contributed by atoms with Crippen LogP contribution in [0.15, 0.2) is 24.3 Å². The van der Waals surface area contributed by atoms with Crippen molar-refractivity contribution in [3.05, 3.63) is 29.8 Å². The van der Waals surface area contributed by atoms with Gasteiger partial charge in [-0.05, 0) is 44.2 Å². The van der Waals surface area contributed by atoms with Crippen molar-refractivity contribution in [3.8, 4) is 11.8 Å². The van der Waals surface area contributed by atoms with Crippen LogP contribution in [0.5, 0.6) is 5.75 Å². The van der Waals surface area contributed by atoms with Gasteiger partial charge in [0.2, 0.25) is 0 Å². The predicted octanol–water partition coefficient (Wildman–Crippen LogP) is 0.982. The number of ether oxygens (including phenoxy) is 1. The van der Waals surface area contributed by atoms with Gasteiger partial charge in [-0.15, -0.1) is 0 Å². The van der Waals surface area contributed by atoms with Gasteiger partial charge in [-0.25, -0.2) is 0 Å². The van der Waals surface area contributed by atoms with Gasteiger partial charge >= 0.3 is 0 Å². The van der Waals surface area contributed by atoms with Crippen LogP contribution in [-0.4, -0.2) is 55.4 Å². The Morgan fingerprint density at radius 1 is 1.43 bits per heavy atom. The lowest BCUT2D eigenvalue weighted by atomic mass is 10.2.